The number of nitrogens with one attached hydrogen (secondary N) is 1. The van der Waals surface area contributed by atoms with Gasteiger partial charge in [-0.2, -0.15) is 9.97 Å². The molecule has 0 amide bonds. The zero-order valence-electron chi connectivity index (χ0n) is 10.8. The van der Waals surface area contributed by atoms with Gasteiger partial charge in [0.1, 0.15) is 5.52 Å². The summed E-state index contributed by atoms with van der Waals surface area (Å²) >= 11 is 0. The van der Waals surface area contributed by atoms with Crippen molar-refractivity contribution in [1.82, 2.24) is 15.0 Å². The first kappa shape index (κ1) is 13.3. The van der Waals surface area contributed by atoms with Gasteiger partial charge in [0.2, 0.25) is 0 Å². The summed E-state index contributed by atoms with van der Waals surface area (Å²) in [7, 11) is 1.50. The summed E-state index contributed by atoms with van der Waals surface area (Å²) < 4.78 is 5.03. The highest BCUT2D eigenvalue weighted by Crippen LogP contribution is 2.26. The van der Waals surface area contributed by atoms with Gasteiger partial charge < -0.3 is 20.6 Å². The number of carbonyl (C=O) groups is 1. The largest absolute Gasteiger partial charge is 0.481 e. The summed E-state index contributed by atoms with van der Waals surface area (Å²) in [5.74, 6) is -0.862. The number of nitrogens with two attached hydrogens (primary N) is 1. The predicted octanol–water partition coefficient (Wildman–Crippen LogP) is 1.14. The molecule has 0 aliphatic carbocycles. The Kier molecular flexibility index (Phi) is 3.66. The number of hydrogen-bond donors (Lipinski definition) is 3. The summed E-state index contributed by atoms with van der Waals surface area (Å²) in [6.45, 7) is 1.84. The molecule has 2 aromatic rings. The number of aromatic amines is 1. The number of hydrogen-bond acceptors (Lipinski definition) is 5. The highest BCUT2D eigenvalue weighted by molar-refractivity contribution is 5.81. The third-order valence-electron chi connectivity index (χ3n) is 2.97. The van der Waals surface area contributed by atoms with Crippen molar-refractivity contribution >= 4 is 17.0 Å². The molecular weight excluding hydrogens is 248 g/mol. The van der Waals surface area contributed by atoms with E-state index in [0.717, 1.165) is 16.8 Å². The number of nitrogens with zero attached hydrogens (tertiary/aromatic N) is 2. The average Bonchev–Trinajstić information content (AvgIpc) is 2.80. The molecule has 0 saturated heterocycles. The van der Waals surface area contributed by atoms with Gasteiger partial charge in [-0.1, -0.05) is 0 Å². The van der Waals surface area contributed by atoms with E-state index in [1.54, 1.807) is 6.20 Å². The minimum Gasteiger partial charge on any atom is -0.481 e. The Bertz CT molecular complexity index is 608. The molecule has 1 unspecified atom stereocenters. The van der Waals surface area contributed by atoms with Crippen LogP contribution >= 0.6 is 0 Å². The van der Waals surface area contributed by atoms with Crippen molar-refractivity contribution in [2.45, 2.75) is 25.8 Å². The summed E-state index contributed by atoms with van der Waals surface area (Å²) in [6, 6.07) is -0.111. The van der Waals surface area contributed by atoms with E-state index in [2.05, 4.69) is 15.0 Å². The Morgan fingerprint density at radius 1 is 1.58 bits per heavy atom. The molecular formula is C12H16N4O3. The summed E-state index contributed by atoms with van der Waals surface area (Å²) in [6.07, 6.45) is 2.13. The van der Waals surface area contributed by atoms with Gasteiger partial charge in [-0.3, -0.25) is 4.79 Å². The molecule has 0 aliphatic rings. The topological polar surface area (TPSA) is 114 Å². The SMILES string of the molecule is COc1nc(C)c2[nH]cc(C(N)CCC(=O)O)c2n1. The normalized spacial score (nSPS) is 12.6. The molecule has 4 N–H and O–H groups in total. The lowest BCUT2D eigenvalue weighted by molar-refractivity contribution is -0.137. The molecule has 0 fully saturated rings. The molecule has 2 aromatic heterocycles. The fourth-order valence-corrected chi connectivity index (χ4v) is 1.96. The van der Waals surface area contributed by atoms with Gasteiger partial charge in [0.25, 0.3) is 0 Å². The summed E-state index contributed by atoms with van der Waals surface area (Å²) in [5.41, 5.74) is 9.03. The molecule has 19 heavy (non-hydrogen) atoms. The van der Waals surface area contributed by atoms with Crippen LogP contribution in [0.15, 0.2) is 6.20 Å². The van der Waals surface area contributed by atoms with Crippen molar-refractivity contribution in [2.75, 3.05) is 7.11 Å². The first-order valence-electron chi connectivity index (χ1n) is 5.90. The minimum atomic E-state index is -0.862. The van der Waals surface area contributed by atoms with Crippen LogP contribution in [0.4, 0.5) is 0 Å². The highest BCUT2D eigenvalue weighted by Gasteiger charge is 2.17. The Morgan fingerprint density at radius 2 is 2.32 bits per heavy atom. The van der Waals surface area contributed by atoms with E-state index in [0.29, 0.717) is 11.9 Å². The van der Waals surface area contributed by atoms with Gasteiger partial charge in [-0.15, -0.1) is 0 Å². The third-order valence-corrected chi connectivity index (χ3v) is 2.97. The van der Waals surface area contributed by atoms with E-state index < -0.39 is 5.97 Å². The van der Waals surface area contributed by atoms with E-state index in [-0.39, 0.29) is 18.5 Å². The third kappa shape index (κ3) is 2.65. The van der Waals surface area contributed by atoms with E-state index >= 15 is 0 Å². The number of aromatic nitrogens is 3. The molecule has 0 bridgehead atoms. The lowest BCUT2D eigenvalue weighted by atomic mass is 10.0. The van der Waals surface area contributed by atoms with Crippen LogP contribution in [0.25, 0.3) is 11.0 Å². The van der Waals surface area contributed by atoms with Crippen molar-refractivity contribution in [3.05, 3.63) is 17.5 Å². The second kappa shape index (κ2) is 5.23. The molecule has 102 valence electrons. The van der Waals surface area contributed by atoms with Crippen LogP contribution < -0.4 is 10.5 Å². The van der Waals surface area contributed by atoms with Crippen molar-refractivity contribution in [2.24, 2.45) is 5.73 Å². The number of aryl methyl sites for hydroxylation is 1. The van der Waals surface area contributed by atoms with Crippen LogP contribution in [0, 0.1) is 6.92 Å². The van der Waals surface area contributed by atoms with Gasteiger partial charge in [-0.25, -0.2) is 0 Å². The zero-order chi connectivity index (χ0) is 14.0. The van der Waals surface area contributed by atoms with Crippen molar-refractivity contribution in [1.29, 1.82) is 0 Å². The lowest BCUT2D eigenvalue weighted by Crippen LogP contribution is -2.12. The smallest absolute Gasteiger partial charge is 0.317 e. The summed E-state index contributed by atoms with van der Waals surface area (Å²) in [5, 5.41) is 8.69. The molecule has 2 heterocycles. The van der Waals surface area contributed by atoms with Crippen LogP contribution in [0.1, 0.15) is 30.1 Å². The number of aliphatic carboxylic acids is 1. The summed E-state index contributed by atoms with van der Waals surface area (Å²) in [4.78, 5) is 22.1. The predicted molar refractivity (Wildman–Crippen MR) is 69.0 cm³/mol. The van der Waals surface area contributed by atoms with Gasteiger partial charge in [0.15, 0.2) is 0 Å². The number of ether oxygens (including phenoxy) is 1. The number of carboxylic acids is 1. The standard InChI is InChI=1S/C12H16N4O3/c1-6-10-11(16-12(15-6)19-2)7(5-14-10)8(13)3-4-9(17)18/h5,8,14H,3-4,13H2,1-2H3,(H,17,18). The molecule has 7 heteroatoms. The Morgan fingerprint density at radius 3 is 2.95 bits per heavy atom. The fourth-order valence-electron chi connectivity index (χ4n) is 1.96. The number of fused-ring (bicyclic) bond motifs is 1. The number of methoxy groups -OCH3 is 1. The van der Waals surface area contributed by atoms with E-state index in [1.807, 2.05) is 6.92 Å². The van der Waals surface area contributed by atoms with E-state index in [9.17, 15) is 4.79 Å². The van der Waals surface area contributed by atoms with Crippen LogP contribution in [-0.4, -0.2) is 33.1 Å². The van der Waals surface area contributed by atoms with Crippen molar-refractivity contribution in [3.63, 3.8) is 0 Å². The molecule has 0 aliphatic heterocycles. The number of carboxylic acid groups (broad SMARTS) is 1. The first-order valence-corrected chi connectivity index (χ1v) is 5.90. The number of rotatable bonds is 5. The van der Waals surface area contributed by atoms with Gasteiger partial charge >= 0.3 is 12.0 Å². The molecule has 2 rings (SSSR count). The molecule has 1 atom stereocenters. The monoisotopic (exact) mass is 264 g/mol. The second-order valence-electron chi connectivity index (χ2n) is 4.30. The minimum absolute atomic E-state index is 0.0229. The molecule has 7 nitrogen and oxygen atoms in total. The van der Waals surface area contributed by atoms with Gasteiger partial charge in [-0.05, 0) is 13.3 Å². The highest BCUT2D eigenvalue weighted by atomic mass is 16.5. The quantitative estimate of drug-likeness (QED) is 0.746. The molecule has 0 aromatic carbocycles. The van der Waals surface area contributed by atoms with Crippen molar-refractivity contribution < 1.29 is 14.6 Å². The maximum atomic E-state index is 10.6. The molecule has 0 saturated carbocycles. The molecule has 0 spiro atoms. The zero-order valence-corrected chi connectivity index (χ0v) is 10.8. The van der Waals surface area contributed by atoms with Crippen LogP contribution in [-0.2, 0) is 4.79 Å². The Hall–Kier alpha value is -2.15. The average molecular weight is 264 g/mol. The van der Waals surface area contributed by atoms with Gasteiger partial charge in [0, 0.05) is 24.2 Å². The van der Waals surface area contributed by atoms with E-state index in [1.165, 1.54) is 7.11 Å². The van der Waals surface area contributed by atoms with E-state index in [4.69, 9.17) is 15.6 Å². The van der Waals surface area contributed by atoms with Crippen LogP contribution in [0.2, 0.25) is 0 Å². The van der Waals surface area contributed by atoms with Gasteiger partial charge in [0.05, 0.1) is 18.3 Å². The Labute approximate surface area is 109 Å². The maximum absolute atomic E-state index is 10.6. The maximum Gasteiger partial charge on any atom is 0.317 e. The molecule has 0 radical (unpaired) electrons. The van der Waals surface area contributed by atoms with Crippen LogP contribution in [0.3, 0.4) is 0 Å². The second-order valence-corrected chi connectivity index (χ2v) is 4.30. The Balaban J connectivity index is 2.38. The lowest BCUT2D eigenvalue weighted by Gasteiger charge is -2.09. The first-order chi connectivity index (χ1) is 9.02. The van der Waals surface area contributed by atoms with Crippen molar-refractivity contribution in [3.8, 4) is 6.01 Å². The fraction of sp³-hybridized carbons (Fsp3) is 0.417. The van der Waals surface area contributed by atoms with Crippen LogP contribution in [0.5, 0.6) is 6.01 Å². The number of H-pyrrole nitrogens is 1.